The molecule has 4 heteroatoms. The Morgan fingerprint density at radius 2 is 2.38 bits per heavy atom. The van der Waals surface area contributed by atoms with Gasteiger partial charge in [-0.25, -0.2) is 0 Å². The molecule has 0 radical (unpaired) electrons. The first-order chi connectivity index (χ1) is 6.21. The summed E-state index contributed by atoms with van der Waals surface area (Å²) in [5.74, 6) is 2.00. The monoisotopic (exact) mass is 202 g/mol. The number of thioether (sulfide) groups is 1. The molecule has 0 N–H and O–H groups in total. The van der Waals surface area contributed by atoms with Crippen molar-refractivity contribution in [2.24, 2.45) is 5.41 Å². The third-order valence-corrected chi connectivity index (χ3v) is 3.63. The Balaban J connectivity index is 1.83. The fourth-order valence-corrected chi connectivity index (χ4v) is 2.52. The van der Waals surface area contributed by atoms with E-state index in [-0.39, 0.29) is 17.5 Å². The SMILES string of the molecule is CC1(C(=O)OC2CCSC2)COC1. The van der Waals surface area contributed by atoms with Crippen LogP contribution in [0.4, 0.5) is 0 Å². The van der Waals surface area contributed by atoms with Gasteiger partial charge in [-0.15, -0.1) is 0 Å². The van der Waals surface area contributed by atoms with Gasteiger partial charge in [-0.2, -0.15) is 11.8 Å². The summed E-state index contributed by atoms with van der Waals surface area (Å²) in [6.45, 7) is 2.94. The zero-order valence-corrected chi connectivity index (χ0v) is 8.56. The Morgan fingerprint density at radius 3 is 2.85 bits per heavy atom. The molecule has 0 bridgehead atoms. The Kier molecular flexibility index (Phi) is 2.51. The van der Waals surface area contributed by atoms with Crippen LogP contribution < -0.4 is 0 Å². The summed E-state index contributed by atoms with van der Waals surface area (Å²) in [6, 6.07) is 0. The van der Waals surface area contributed by atoms with Gasteiger partial charge in [-0.05, 0) is 19.1 Å². The second-order valence-electron chi connectivity index (χ2n) is 3.94. The van der Waals surface area contributed by atoms with Crippen LogP contribution >= 0.6 is 11.8 Å². The first-order valence-corrected chi connectivity index (χ1v) is 5.73. The van der Waals surface area contributed by atoms with Crippen LogP contribution in [-0.2, 0) is 14.3 Å². The second kappa shape index (κ2) is 3.50. The Morgan fingerprint density at radius 1 is 1.62 bits per heavy atom. The number of carbonyl (C=O) groups excluding carboxylic acids is 1. The molecule has 0 amide bonds. The molecule has 0 aliphatic carbocycles. The molecule has 2 aliphatic rings. The fourth-order valence-electron chi connectivity index (χ4n) is 1.43. The minimum atomic E-state index is -0.354. The minimum absolute atomic E-state index is 0.0775. The lowest BCUT2D eigenvalue weighted by atomic mass is 9.89. The molecule has 0 aromatic carbocycles. The van der Waals surface area contributed by atoms with Gasteiger partial charge in [-0.3, -0.25) is 4.79 Å². The van der Waals surface area contributed by atoms with E-state index in [0.29, 0.717) is 13.2 Å². The van der Waals surface area contributed by atoms with Gasteiger partial charge in [0.1, 0.15) is 11.5 Å². The molecule has 2 rings (SSSR count). The maximum Gasteiger partial charge on any atom is 0.316 e. The molecule has 0 spiro atoms. The highest BCUT2D eigenvalue weighted by molar-refractivity contribution is 7.99. The zero-order chi connectivity index (χ0) is 9.31. The third-order valence-electron chi connectivity index (χ3n) is 2.50. The molecule has 3 nitrogen and oxygen atoms in total. The molecule has 0 saturated carbocycles. The van der Waals surface area contributed by atoms with Gasteiger partial charge in [0.25, 0.3) is 0 Å². The average Bonchev–Trinajstić information content (AvgIpc) is 2.52. The molecule has 0 aromatic heterocycles. The smallest absolute Gasteiger partial charge is 0.316 e. The maximum absolute atomic E-state index is 11.6. The molecule has 2 aliphatic heterocycles. The number of rotatable bonds is 2. The molecule has 13 heavy (non-hydrogen) atoms. The van der Waals surface area contributed by atoms with E-state index >= 15 is 0 Å². The van der Waals surface area contributed by atoms with E-state index in [9.17, 15) is 4.79 Å². The van der Waals surface area contributed by atoms with E-state index in [1.54, 1.807) is 0 Å². The van der Waals surface area contributed by atoms with Gasteiger partial charge in [-0.1, -0.05) is 0 Å². The molecule has 2 heterocycles. The van der Waals surface area contributed by atoms with Crippen molar-refractivity contribution >= 4 is 17.7 Å². The Hall–Kier alpha value is -0.220. The average molecular weight is 202 g/mol. The number of ether oxygens (including phenoxy) is 2. The summed E-state index contributed by atoms with van der Waals surface area (Å²) < 4.78 is 10.4. The molecule has 2 fully saturated rings. The molecule has 2 saturated heterocycles. The van der Waals surface area contributed by atoms with Crippen LogP contribution in [0, 0.1) is 5.41 Å². The fraction of sp³-hybridized carbons (Fsp3) is 0.889. The van der Waals surface area contributed by atoms with E-state index in [1.807, 2.05) is 18.7 Å². The van der Waals surface area contributed by atoms with Crippen molar-refractivity contribution < 1.29 is 14.3 Å². The van der Waals surface area contributed by atoms with Gasteiger partial charge in [0, 0.05) is 5.75 Å². The summed E-state index contributed by atoms with van der Waals surface area (Å²) in [4.78, 5) is 11.6. The Bertz CT molecular complexity index is 207. The highest BCUT2D eigenvalue weighted by Crippen LogP contribution is 2.30. The van der Waals surface area contributed by atoms with Crippen LogP contribution in [0.5, 0.6) is 0 Å². The number of hydrogen-bond acceptors (Lipinski definition) is 4. The largest absolute Gasteiger partial charge is 0.461 e. The molecule has 0 aromatic rings. The lowest BCUT2D eigenvalue weighted by Gasteiger charge is -2.36. The quantitative estimate of drug-likeness (QED) is 0.627. The van der Waals surface area contributed by atoms with E-state index in [4.69, 9.17) is 9.47 Å². The van der Waals surface area contributed by atoms with Gasteiger partial charge in [0.05, 0.1) is 13.2 Å². The highest BCUT2D eigenvalue weighted by atomic mass is 32.2. The van der Waals surface area contributed by atoms with Crippen molar-refractivity contribution in [2.45, 2.75) is 19.4 Å². The van der Waals surface area contributed by atoms with Crippen molar-refractivity contribution in [3.05, 3.63) is 0 Å². The van der Waals surface area contributed by atoms with Crippen molar-refractivity contribution in [3.8, 4) is 0 Å². The van der Waals surface area contributed by atoms with Crippen LogP contribution in [-0.4, -0.2) is 36.8 Å². The normalized spacial score (nSPS) is 31.0. The molecular formula is C9H14O3S. The van der Waals surface area contributed by atoms with E-state index < -0.39 is 0 Å². The van der Waals surface area contributed by atoms with Crippen molar-refractivity contribution in [1.29, 1.82) is 0 Å². The lowest BCUT2D eigenvalue weighted by molar-refractivity contribution is -0.186. The molecule has 1 atom stereocenters. The van der Waals surface area contributed by atoms with E-state index in [2.05, 4.69) is 0 Å². The van der Waals surface area contributed by atoms with Gasteiger partial charge >= 0.3 is 5.97 Å². The minimum Gasteiger partial charge on any atom is -0.461 e. The summed E-state index contributed by atoms with van der Waals surface area (Å²) in [6.07, 6.45) is 1.16. The number of carbonyl (C=O) groups is 1. The van der Waals surface area contributed by atoms with Crippen LogP contribution in [0.2, 0.25) is 0 Å². The summed E-state index contributed by atoms with van der Waals surface area (Å²) in [7, 11) is 0. The second-order valence-corrected chi connectivity index (χ2v) is 5.09. The van der Waals surface area contributed by atoms with Gasteiger partial charge in [0.15, 0.2) is 0 Å². The van der Waals surface area contributed by atoms with E-state index in [1.165, 1.54) is 0 Å². The van der Waals surface area contributed by atoms with Gasteiger partial charge in [0.2, 0.25) is 0 Å². The first-order valence-electron chi connectivity index (χ1n) is 4.57. The zero-order valence-electron chi connectivity index (χ0n) is 7.75. The molecule has 74 valence electrons. The Labute approximate surface area is 82.2 Å². The summed E-state index contributed by atoms with van der Waals surface area (Å²) >= 11 is 1.85. The van der Waals surface area contributed by atoms with Crippen LogP contribution in [0.3, 0.4) is 0 Å². The van der Waals surface area contributed by atoms with Crippen LogP contribution in [0.15, 0.2) is 0 Å². The van der Waals surface area contributed by atoms with E-state index in [0.717, 1.165) is 17.9 Å². The van der Waals surface area contributed by atoms with Crippen molar-refractivity contribution in [1.82, 2.24) is 0 Å². The summed E-state index contributed by atoms with van der Waals surface area (Å²) in [5.41, 5.74) is -0.354. The highest BCUT2D eigenvalue weighted by Gasteiger charge is 2.43. The number of hydrogen-bond donors (Lipinski definition) is 0. The standard InChI is InChI=1S/C9H14O3S/c1-9(5-11-6-9)8(10)12-7-2-3-13-4-7/h7H,2-6H2,1H3. The molecule has 1 unspecified atom stereocenters. The lowest BCUT2D eigenvalue weighted by Crippen LogP contribution is -2.48. The van der Waals surface area contributed by atoms with Crippen molar-refractivity contribution in [2.75, 3.05) is 24.7 Å². The summed E-state index contributed by atoms with van der Waals surface area (Å²) in [5, 5.41) is 0. The van der Waals surface area contributed by atoms with Crippen LogP contribution in [0.1, 0.15) is 13.3 Å². The van der Waals surface area contributed by atoms with Crippen molar-refractivity contribution in [3.63, 3.8) is 0 Å². The predicted octanol–water partition coefficient (Wildman–Crippen LogP) is 1.07. The molecular weight excluding hydrogens is 188 g/mol. The number of esters is 1. The maximum atomic E-state index is 11.6. The predicted molar refractivity (Wildman–Crippen MR) is 50.7 cm³/mol. The first kappa shape index (κ1) is 9.34. The van der Waals surface area contributed by atoms with Gasteiger partial charge < -0.3 is 9.47 Å². The topological polar surface area (TPSA) is 35.5 Å². The third kappa shape index (κ3) is 1.83. The van der Waals surface area contributed by atoms with Crippen LogP contribution in [0.25, 0.3) is 0 Å².